The molecule has 0 saturated heterocycles. The van der Waals surface area contributed by atoms with E-state index in [1.807, 2.05) is 0 Å². The Labute approximate surface area is 121 Å². The maximum atomic E-state index is 10.6. The van der Waals surface area contributed by atoms with Crippen molar-refractivity contribution in [3.8, 4) is 0 Å². The van der Waals surface area contributed by atoms with E-state index in [-0.39, 0.29) is 6.10 Å². The molecule has 1 saturated carbocycles. The maximum Gasteiger partial charge on any atom is 0.106 e. The van der Waals surface area contributed by atoms with Gasteiger partial charge in [0, 0.05) is 0 Å². The Hall–Kier alpha value is -1.12. The Morgan fingerprint density at radius 2 is 1.90 bits per heavy atom. The van der Waals surface area contributed by atoms with E-state index >= 15 is 0 Å². The summed E-state index contributed by atoms with van der Waals surface area (Å²) in [6, 6.07) is 4.29. The lowest BCUT2D eigenvalue weighted by molar-refractivity contribution is 0.171. The van der Waals surface area contributed by atoms with Gasteiger partial charge in [-0.2, -0.15) is 0 Å². The second-order valence-electron chi connectivity index (χ2n) is 6.52. The quantitative estimate of drug-likeness (QED) is 0.815. The minimum absolute atomic E-state index is 0.358. The topological polar surface area (TPSA) is 40.5 Å². The van der Waals surface area contributed by atoms with Gasteiger partial charge >= 0.3 is 0 Å². The predicted octanol–water partition coefficient (Wildman–Crippen LogP) is 3.85. The van der Waals surface area contributed by atoms with Gasteiger partial charge in [-0.3, -0.25) is 0 Å². The van der Waals surface area contributed by atoms with Crippen molar-refractivity contribution >= 4 is 5.57 Å². The molecule has 108 valence electrons. The van der Waals surface area contributed by atoms with E-state index in [9.17, 15) is 10.2 Å². The SMILES string of the molecule is Cc1ccc(C(C)C)c2c1/C(=C1\CCCC[C@H]1O)[C@@H]2O. The Morgan fingerprint density at radius 1 is 1.15 bits per heavy atom. The van der Waals surface area contributed by atoms with E-state index in [0.717, 1.165) is 42.4 Å². The van der Waals surface area contributed by atoms with E-state index in [2.05, 4.69) is 32.9 Å². The summed E-state index contributed by atoms with van der Waals surface area (Å²) in [5.74, 6) is 0.418. The third-order valence-electron chi connectivity index (χ3n) is 4.85. The molecule has 1 fully saturated rings. The molecule has 2 heteroatoms. The van der Waals surface area contributed by atoms with Crippen molar-refractivity contribution in [2.75, 3.05) is 0 Å². The number of rotatable bonds is 1. The van der Waals surface area contributed by atoms with Gasteiger partial charge < -0.3 is 10.2 Å². The number of hydrogen-bond acceptors (Lipinski definition) is 2. The first kappa shape index (κ1) is 13.8. The lowest BCUT2D eigenvalue weighted by Crippen LogP contribution is -2.26. The first-order chi connectivity index (χ1) is 9.52. The van der Waals surface area contributed by atoms with E-state index in [1.54, 1.807) is 0 Å². The minimum Gasteiger partial charge on any atom is -0.389 e. The summed E-state index contributed by atoms with van der Waals surface area (Å²) >= 11 is 0. The maximum absolute atomic E-state index is 10.6. The van der Waals surface area contributed by atoms with Crippen LogP contribution in [0.5, 0.6) is 0 Å². The number of benzene rings is 1. The fourth-order valence-electron chi connectivity index (χ4n) is 3.75. The highest BCUT2D eigenvalue weighted by molar-refractivity contribution is 5.88. The van der Waals surface area contributed by atoms with Gasteiger partial charge in [-0.25, -0.2) is 0 Å². The van der Waals surface area contributed by atoms with Crippen LogP contribution in [0.15, 0.2) is 17.7 Å². The summed E-state index contributed by atoms with van der Waals surface area (Å²) in [6.07, 6.45) is 3.13. The first-order valence-corrected chi connectivity index (χ1v) is 7.75. The molecule has 1 aromatic carbocycles. The zero-order valence-corrected chi connectivity index (χ0v) is 12.6. The van der Waals surface area contributed by atoms with Gasteiger partial charge in [0.05, 0.1) is 6.10 Å². The number of aryl methyl sites for hydroxylation is 1. The second-order valence-corrected chi connectivity index (χ2v) is 6.52. The van der Waals surface area contributed by atoms with Crippen LogP contribution >= 0.6 is 0 Å². The smallest absolute Gasteiger partial charge is 0.106 e. The average molecular weight is 272 g/mol. The van der Waals surface area contributed by atoms with Gasteiger partial charge in [0.15, 0.2) is 0 Å². The third-order valence-corrected chi connectivity index (χ3v) is 4.85. The molecular formula is C18H24O2. The monoisotopic (exact) mass is 272 g/mol. The Balaban J connectivity index is 2.15. The van der Waals surface area contributed by atoms with Gasteiger partial charge in [-0.15, -0.1) is 0 Å². The van der Waals surface area contributed by atoms with Crippen LogP contribution in [0, 0.1) is 6.92 Å². The van der Waals surface area contributed by atoms with Gasteiger partial charge in [0.1, 0.15) is 6.10 Å². The van der Waals surface area contributed by atoms with Crippen molar-refractivity contribution in [1.82, 2.24) is 0 Å². The highest BCUT2D eigenvalue weighted by Crippen LogP contribution is 2.52. The van der Waals surface area contributed by atoms with Crippen LogP contribution in [-0.4, -0.2) is 16.3 Å². The molecule has 0 heterocycles. The van der Waals surface area contributed by atoms with Crippen molar-refractivity contribution in [2.24, 2.45) is 0 Å². The number of hydrogen-bond donors (Lipinski definition) is 2. The number of fused-ring (bicyclic) bond motifs is 1. The van der Waals surface area contributed by atoms with Crippen molar-refractivity contribution in [3.05, 3.63) is 40.0 Å². The van der Waals surface area contributed by atoms with Crippen LogP contribution in [0.25, 0.3) is 5.57 Å². The van der Waals surface area contributed by atoms with Crippen LogP contribution in [0.1, 0.15) is 73.8 Å². The molecule has 0 radical (unpaired) electrons. The van der Waals surface area contributed by atoms with Gasteiger partial charge in [-0.05, 0) is 65.5 Å². The molecular weight excluding hydrogens is 248 g/mol. The molecule has 2 N–H and O–H groups in total. The van der Waals surface area contributed by atoms with E-state index in [1.165, 1.54) is 16.7 Å². The molecule has 0 bridgehead atoms. The van der Waals surface area contributed by atoms with E-state index in [4.69, 9.17) is 0 Å². The largest absolute Gasteiger partial charge is 0.389 e. The molecule has 3 rings (SSSR count). The second kappa shape index (κ2) is 5.01. The van der Waals surface area contributed by atoms with Gasteiger partial charge in [0.25, 0.3) is 0 Å². The van der Waals surface area contributed by atoms with Crippen molar-refractivity contribution in [2.45, 2.75) is 64.6 Å². The highest BCUT2D eigenvalue weighted by Gasteiger charge is 2.38. The fraction of sp³-hybridized carbons (Fsp3) is 0.556. The molecule has 0 spiro atoms. The summed E-state index contributed by atoms with van der Waals surface area (Å²) in [6.45, 7) is 6.43. The van der Waals surface area contributed by atoms with Crippen molar-refractivity contribution in [3.63, 3.8) is 0 Å². The Morgan fingerprint density at radius 3 is 2.55 bits per heavy atom. The van der Waals surface area contributed by atoms with E-state index in [0.29, 0.717) is 5.92 Å². The standard InChI is InChI=1S/C18H24O2/c1-10(2)12-9-8-11(3)15-16(12)18(20)17(15)13-6-4-5-7-14(13)19/h8-10,14,18-20H,4-7H2,1-3H3/b17-13-/t14-,18-/m1/s1. The molecule has 0 amide bonds. The molecule has 0 aliphatic heterocycles. The highest BCUT2D eigenvalue weighted by atomic mass is 16.3. The minimum atomic E-state index is -0.495. The summed E-state index contributed by atoms with van der Waals surface area (Å²) in [5.41, 5.74) is 6.87. The molecule has 20 heavy (non-hydrogen) atoms. The molecule has 0 unspecified atom stereocenters. The predicted molar refractivity (Wildman–Crippen MR) is 81.6 cm³/mol. The average Bonchev–Trinajstić information content (AvgIpc) is 2.41. The Kier molecular flexibility index (Phi) is 3.47. The van der Waals surface area contributed by atoms with Crippen molar-refractivity contribution < 1.29 is 10.2 Å². The van der Waals surface area contributed by atoms with Gasteiger partial charge in [0.2, 0.25) is 0 Å². The normalized spacial score (nSPS) is 29.3. The first-order valence-electron chi connectivity index (χ1n) is 7.75. The zero-order chi connectivity index (χ0) is 14.4. The fourth-order valence-corrected chi connectivity index (χ4v) is 3.75. The van der Waals surface area contributed by atoms with Gasteiger partial charge in [-0.1, -0.05) is 32.4 Å². The molecule has 1 aromatic rings. The lowest BCUT2D eigenvalue weighted by atomic mass is 9.69. The Bertz CT molecular complexity index is 569. The lowest BCUT2D eigenvalue weighted by Gasteiger charge is -2.39. The summed E-state index contributed by atoms with van der Waals surface area (Å²) in [7, 11) is 0. The molecule has 0 aromatic heterocycles. The molecule has 2 atom stereocenters. The molecule has 2 nitrogen and oxygen atoms in total. The van der Waals surface area contributed by atoms with Crippen LogP contribution in [-0.2, 0) is 0 Å². The van der Waals surface area contributed by atoms with Crippen LogP contribution < -0.4 is 0 Å². The summed E-state index contributed by atoms with van der Waals surface area (Å²) in [5, 5.41) is 20.9. The van der Waals surface area contributed by atoms with Crippen LogP contribution in [0.3, 0.4) is 0 Å². The third kappa shape index (κ3) is 1.94. The van der Waals surface area contributed by atoms with Crippen molar-refractivity contribution in [1.29, 1.82) is 0 Å². The molecule has 2 aliphatic rings. The summed E-state index contributed by atoms with van der Waals surface area (Å²) < 4.78 is 0. The number of aliphatic hydroxyl groups is 2. The van der Waals surface area contributed by atoms with Crippen LogP contribution in [0.2, 0.25) is 0 Å². The summed E-state index contributed by atoms with van der Waals surface area (Å²) in [4.78, 5) is 0. The van der Waals surface area contributed by atoms with Crippen LogP contribution in [0.4, 0.5) is 0 Å². The zero-order valence-electron chi connectivity index (χ0n) is 12.6. The number of aliphatic hydroxyl groups excluding tert-OH is 2. The van der Waals surface area contributed by atoms with E-state index < -0.39 is 6.10 Å². The molecule has 2 aliphatic carbocycles.